The number of hydrogen-bond acceptors (Lipinski definition) is 4. The summed E-state index contributed by atoms with van der Waals surface area (Å²) in [6, 6.07) is -0.517. The second-order valence-electron chi connectivity index (χ2n) is 3.44. The summed E-state index contributed by atoms with van der Waals surface area (Å²) in [6.07, 6.45) is 0.551. The molecule has 0 aromatic carbocycles. The van der Waals surface area contributed by atoms with E-state index in [9.17, 15) is 14.4 Å². The van der Waals surface area contributed by atoms with Crippen molar-refractivity contribution in [2.75, 3.05) is 26.1 Å². The largest absolute Gasteiger partial charge is 0.469 e. The fourth-order valence-corrected chi connectivity index (χ4v) is 1.60. The molecule has 1 unspecified atom stereocenters. The fourth-order valence-electron chi connectivity index (χ4n) is 1.54. The first-order valence-electron chi connectivity index (χ1n) is 4.81. The number of methoxy groups -OCH3 is 1. The molecule has 1 aliphatic heterocycles. The van der Waals surface area contributed by atoms with Crippen LogP contribution in [0.25, 0.3) is 0 Å². The van der Waals surface area contributed by atoms with Gasteiger partial charge in [0.15, 0.2) is 0 Å². The Morgan fingerprint density at radius 3 is 2.75 bits per heavy atom. The molecule has 0 aliphatic carbocycles. The van der Waals surface area contributed by atoms with Crippen LogP contribution < -0.4 is 5.32 Å². The first-order chi connectivity index (χ1) is 7.58. The molecule has 90 valence electrons. The van der Waals surface area contributed by atoms with Crippen molar-refractivity contribution in [2.45, 2.75) is 6.42 Å². The molecule has 0 spiro atoms. The minimum atomic E-state index is -0.548. The predicted octanol–water partition coefficient (Wildman–Crippen LogP) is -0.0437. The molecule has 16 heavy (non-hydrogen) atoms. The smallest absolute Gasteiger partial charge is 0.324 e. The van der Waals surface area contributed by atoms with E-state index < -0.39 is 11.9 Å². The standard InChI is InChI=1S/C9H13ClN2O4/c1-16-8(14)6-2-3-12(5-6)9(15)11-7(13)4-10/h6H,2-5H2,1H3,(H,11,13,15). The summed E-state index contributed by atoms with van der Waals surface area (Å²) in [5.74, 6) is -1.45. The monoisotopic (exact) mass is 248 g/mol. The Kier molecular flexibility index (Phi) is 4.54. The number of nitrogens with zero attached hydrogens (tertiary/aromatic N) is 1. The van der Waals surface area contributed by atoms with Crippen LogP contribution in [0.4, 0.5) is 4.79 Å². The third-order valence-electron chi connectivity index (χ3n) is 2.38. The van der Waals surface area contributed by atoms with Gasteiger partial charge < -0.3 is 9.64 Å². The summed E-state index contributed by atoms with van der Waals surface area (Å²) in [4.78, 5) is 34.9. The van der Waals surface area contributed by atoms with Gasteiger partial charge in [0.2, 0.25) is 5.91 Å². The van der Waals surface area contributed by atoms with Gasteiger partial charge in [0.25, 0.3) is 0 Å². The average molecular weight is 249 g/mol. The number of imide groups is 1. The maximum absolute atomic E-state index is 11.5. The van der Waals surface area contributed by atoms with Crippen LogP contribution in [0, 0.1) is 5.92 Å². The Morgan fingerprint density at radius 1 is 1.50 bits per heavy atom. The molecular weight excluding hydrogens is 236 g/mol. The van der Waals surface area contributed by atoms with Crippen LogP contribution in [-0.4, -0.2) is 48.9 Å². The number of ether oxygens (including phenoxy) is 1. The zero-order valence-corrected chi connectivity index (χ0v) is 9.62. The van der Waals surface area contributed by atoms with Crippen molar-refractivity contribution in [3.8, 4) is 0 Å². The van der Waals surface area contributed by atoms with E-state index in [-0.39, 0.29) is 24.3 Å². The van der Waals surface area contributed by atoms with Gasteiger partial charge in [-0.15, -0.1) is 11.6 Å². The molecule has 1 atom stereocenters. The maximum atomic E-state index is 11.5. The van der Waals surface area contributed by atoms with E-state index in [0.29, 0.717) is 13.0 Å². The highest BCUT2D eigenvalue weighted by atomic mass is 35.5. The van der Waals surface area contributed by atoms with Crippen LogP contribution in [0.1, 0.15) is 6.42 Å². The van der Waals surface area contributed by atoms with Gasteiger partial charge in [-0.05, 0) is 6.42 Å². The second kappa shape index (κ2) is 5.69. The highest BCUT2D eigenvalue weighted by Gasteiger charge is 2.32. The average Bonchev–Trinajstić information content (AvgIpc) is 2.77. The molecular formula is C9H13ClN2O4. The number of urea groups is 1. The number of hydrogen-bond donors (Lipinski definition) is 1. The molecule has 1 saturated heterocycles. The van der Waals surface area contributed by atoms with Crippen molar-refractivity contribution in [1.82, 2.24) is 10.2 Å². The SMILES string of the molecule is COC(=O)C1CCN(C(=O)NC(=O)CCl)C1. The summed E-state index contributed by atoms with van der Waals surface area (Å²) < 4.78 is 4.58. The third kappa shape index (κ3) is 3.10. The van der Waals surface area contributed by atoms with Gasteiger partial charge in [0.05, 0.1) is 13.0 Å². The Morgan fingerprint density at radius 2 is 2.19 bits per heavy atom. The minimum absolute atomic E-state index is 0.264. The van der Waals surface area contributed by atoms with E-state index in [0.717, 1.165) is 0 Å². The number of nitrogens with one attached hydrogen (secondary N) is 1. The lowest BCUT2D eigenvalue weighted by Crippen LogP contribution is -2.42. The van der Waals surface area contributed by atoms with Gasteiger partial charge in [-0.3, -0.25) is 14.9 Å². The van der Waals surface area contributed by atoms with Gasteiger partial charge in [0.1, 0.15) is 5.88 Å². The van der Waals surface area contributed by atoms with Gasteiger partial charge in [-0.1, -0.05) is 0 Å². The van der Waals surface area contributed by atoms with Crippen LogP contribution >= 0.6 is 11.6 Å². The summed E-state index contributed by atoms with van der Waals surface area (Å²) in [5.41, 5.74) is 0. The lowest BCUT2D eigenvalue weighted by atomic mass is 10.1. The number of rotatable bonds is 2. The molecule has 0 bridgehead atoms. The summed E-state index contributed by atoms with van der Waals surface area (Å²) >= 11 is 5.25. The van der Waals surface area contributed by atoms with E-state index in [4.69, 9.17) is 11.6 Å². The Balaban J connectivity index is 2.43. The number of likely N-dealkylation sites (tertiary alicyclic amines) is 1. The third-order valence-corrected chi connectivity index (χ3v) is 2.62. The topological polar surface area (TPSA) is 75.7 Å². The minimum Gasteiger partial charge on any atom is -0.469 e. The molecule has 1 aliphatic rings. The van der Waals surface area contributed by atoms with E-state index in [2.05, 4.69) is 10.1 Å². The fraction of sp³-hybridized carbons (Fsp3) is 0.667. The summed E-state index contributed by atoms with van der Waals surface area (Å²) in [6.45, 7) is 0.704. The lowest BCUT2D eigenvalue weighted by molar-refractivity contribution is -0.144. The van der Waals surface area contributed by atoms with Crippen molar-refractivity contribution in [2.24, 2.45) is 5.92 Å². The molecule has 0 aromatic heterocycles. The van der Waals surface area contributed by atoms with E-state index >= 15 is 0 Å². The molecule has 0 saturated carbocycles. The molecule has 1 rings (SSSR count). The molecule has 1 N–H and O–H groups in total. The zero-order chi connectivity index (χ0) is 12.1. The van der Waals surface area contributed by atoms with Gasteiger partial charge in [-0.2, -0.15) is 0 Å². The predicted molar refractivity (Wildman–Crippen MR) is 56.0 cm³/mol. The lowest BCUT2D eigenvalue weighted by Gasteiger charge is -2.15. The number of esters is 1. The highest BCUT2D eigenvalue weighted by molar-refractivity contribution is 6.28. The molecule has 1 heterocycles. The van der Waals surface area contributed by atoms with Crippen molar-refractivity contribution in [3.63, 3.8) is 0 Å². The van der Waals surface area contributed by atoms with Gasteiger partial charge >= 0.3 is 12.0 Å². The molecule has 3 amide bonds. The van der Waals surface area contributed by atoms with Crippen LogP contribution in [0.2, 0.25) is 0 Å². The Labute approximate surface area is 97.9 Å². The molecule has 0 radical (unpaired) electrons. The van der Waals surface area contributed by atoms with Gasteiger partial charge in [-0.25, -0.2) is 4.79 Å². The van der Waals surface area contributed by atoms with Gasteiger partial charge in [0, 0.05) is 13.1 Å². The van der Waals surface area contributed by atoms with Crippen molar-refractivity contribution < 1.29 is 19.1 Å². The normalized spacial score (nSPS) is 19.4. The van der Waals surface area contributed by atoms with Crippen LogP contribution in [0.15, 0.2) is 0 Å². The molecule has 1 fully saturated rings. The number of carbonyl (C=O) groups is 3. The molecule has 7 heteroatoms. The van der Waals surface area contributed by atoms with E-state index in [1.807, 2.05) is 0 Å². The Bertz CT molecular complexity index is 308. The first-order valence-corrected chi connectivity index (χ1v) is 5.34. The number of amides is 3. The number of alkyl halides is 1. The maximum Gasteiger partial charge on any atom is 0.324 e. The van der Waals surface area contributed by atoms with Crippen molar-refractivity contribution >= 4 is 29.5 Å². The van der Waals surface area contributed by atoms with E-state index in [1.165, 1.54) is 12.0 Å². The quantitative estimate of drug-likeness (QED) is 0.549. The van der Waals surface area contributed by atoms with Crippen LogP contribution in [0.3, 0.4) is 0 Å². The molecule has 0 aromatic rings. The Hall–Kier alpha value is -1.30. The first kappa shape index (κ1) is 12.8. The highest BCUT2D eigenvalue weighted by Crippen LogP contribution is 2.17. The van der Waals surface area contributed by atoms with Crippen LogP contribution in [0.5, 0.6) is 0 Å². The zero-order valence-electron chi connectivity index (χ0n) is 8.86. The molecule has 6 nitrogen and oxygen atoms in total. The summed E-state index contributed by atoms with van der Waals surface area (Å²) in [5, 5.41) is 2.11. The number of halogens is 1. The van der Waals surface area contributed by atoms with Crippen LogP contribution in [-0.2, 0) is 14.3 Å². The summed E-state index contributed by atoms with van der Waals surface area (Å²) in [7, 11) is 1.31. The van der Waals surface area contributed by atoms with Crippen molar-refractivity contribution in [1.29, 1.82) is 0 Å². The van der Waals surface area contributed by atoms with Crippen molar-refractivity contribution in [3.05, 3.63) is 0 Å². The number of carbonyl (C=O) groups excluding carboxylic acids is 3. The van der Waals surface area contributed by atoms with E-state index in [1.54, 1.807) is 0 Å². The second-order valence-corrected chi connectivity index (χ2v) is 3.71.